The van der Waals surface area contributed by atoms with Crippen molar-refractivity contribution in [1.82, 2.24) is 29.3 Å². The van der Waals surface area contributed by atoms with Gasteiger partial charge in [0.1, 0.15) is 5.69 Å². The van der Waals surface area contributed by atoms with Crippen LogP contribution in [0.15, 0.2) is 54.7 Å². The second-order valence-corrected chi connectivity index (χ2v) is 8.56. The number of nitrogens with zero attached hydrogens (tertiary/aromatic N) is 5. The molecule has 4 N–H and O–H groups in total. The van der Waals surface area contributed by atoms with E-state index in [4.69, 9.17) is 9.90 Å². The summed E-state index contributed by atoms with van der Waals surface area (Å²) in [6.07, 6.45) is -3.50. The fourth-order valence-corrected chi connectivity index (χ4v) is 3.87. The molecule has 0 fully saturated rings. The molecule has 1 amide bonds. The van der Waals surface area contributed by atoms with Crippen molar-refractivity contribution >= 4 is 50.8 Å². The predicted octanol–water partition coefficient (Wildman–Crippen LogP) is 4.75. The summed E-state index contributed by atoms with van der Waals surface area (Å²) >= 11 is 1.28. The van der Waals surface area contributed by atoms with Gasteiger partial charge in [0.2, 0.25) is 5.13 Å². The topological polar surface area (TPSA) is 151 Å². The smallest absolute Gasteiger partial charge is 0.475 e. The fourth-order valence-electron chi connectivity index (χ4n) is 3.26. The molecule has 3 aromatic heterocycles. The molecule has 0 saturated heterocycles. The van der Waals surface area contributed by atoms with E-state index in [0.29, 0.717) is 22.3 Å². The van der Waals surface area contributed by atoms with Gasteiger partial charge in [0.05, 0.1) is 5.52 Å². The second-order valence-electron chi connectivity index (χ2n) is 7.81. The number of carboxylic acids is 1. The van der Waals surface area contributed by atoms with Crippen molar-refractivity contribution in [3.63, 3.8) is 0 Å². The van der Waals surface area contributed by atoms with Crippen LogP contribution in [-0.2, 0) is 11.8 Å². The van der Waals surface area contributed by atoms with E-state index in [1.807, 2.05) is 49.4 Å². The number of halogens is 3. The minimum absolute atomic E-state index is 0.226. The number of carbonyl (C=O) groups is 2. The highest BCUT2D eigenvalue weighted by molar-refractivity contribution is 7.09. The van der Waals surface area contributed by atoms with Crippen LogP contribution in [0.1, 0.15) is 16.2 Å². The summed E-state index contributed by atoms with van der Waals surface area (Å²) in [4.78, 5) is 25.9. The molecule has 5 rings (SSSR count). The van der Waals surface area contributed by atoms with E-state index in [-0.39, 0.29) is 5.91 Å². The van der Waals surface area contributed by atoms with Crippen LogP contribution in [0.4, 0.5) is 29.7 Å². The number of nitrogens with one attached hydrogen (secondary N) is 3. The molecule has 0 atom stereocenters. The zero-order valence-electron chi connectivity index (χ0n) is 19.7. The van der Waals surface area contributed by atoms with Crippen molar-refractivity contribution in [2.75, 3.05) is 10.6 Å². The van der Waals surface area contributed by atoms with Gasteiger partial charge in [0, 0.05) is 52.8 Å². The molecule has 0 saturated carbocycles. The Morgan fingerprint density at radius 2 is 1.87 bits per heavy atom. The predicted molar refractivity (Wildman–Crippen MR) is 134 cm³/mol. The number of fused-ring (bicyclic) bond motifs is 1. The van der Waals surface area contributed by atoms with E-state index < -0.39 is 12.1 Å². The van der Waals surface area contributed by atoms with E-state index in [1.54, 1.807) is 19.3 Å². The van der Waals surface area contributed by atoms with Crippen molar-refractivity contribution in [2.45, 2.75) is 13.1 Å². The van der Waals surface area contributed by atoms with Crippen LogP contribution in [0, 0.1) is 6.92 Å². The number of anilines is 3. The maximum Gasteiger partial charge on any atom is 0.490 e. The highest BCUT2D eigenvalue weighted by atomic mass is 32.1. The highest BCUT2D eigenvalue weighted by Crippen LogP contribution is 2.27. The molecule has 0 radical (unpaired) electrons. The van der Waals surface area contributed by atoms with Crippen LogP contribution in [0.25, 0.3) is 22.3 Å². The minimum Gasteiger partial charge on any atom is -0.475 e. The number of H-pyrrole nitrogens is 1. The quantitative estimate of drug-likeness (QED) is 0.247. The molecule has 5 aromatic rings. The lowest BCUT2D eigenvalue weighted by molar-refractivity contribution is -0.192. The van der Waals surface area contributed by atoms with E-state index in [9.17, 15) is 18.0 Å². The first-order chi connectivity index (χ1) is 18.0. The molecule has 0 aliphatic rings. The fraction of sp³-hybridized carbons (Fsp3) is 0.130. The number of carboxylic acid groups (broad SMARTS) is 1. The Kier molecular flexibility index (Phi) is 7.38. The van der Waals surface area contributed by atoms with E-state index in [0.717, 1.165) is 27.8 Å². The summed E-state index contributed by atoms with van der Waals surface area (Å²) in [6.45, 7) is 1.99. The number of hydrogen-bond acceptors (Lipinski definition) is 8. The number of aromatic nitrogens is 6. The number of hydrogen-bond donors (Lipinski definition) is 4. The number of benzene rings is 2. The first-order valence-corrected chi connectivity index (χ1v) is 11.5. The molecule has 38 heavy (non-hydrogen) atoms. The summed E-state index contributed by atoms with van der Waals surface area (Å²) in [5.41, 5.74) is 4.81. The lowest BCUT2D eigenvalue weighted by Gasteiger charge is -2.06. The molecular formula is C23H19F3N8O3S. The monoisotopic (exact) mass is 544 g/mol. The van der Waals surface area contributed by atoms with Gasteiger partial charge in [-0.15, -0.1) is 0 Å². The lowest BCUT2D eigenvalue weighted by Crippen LogP contribution is -2.21. The third-order valence-electron chi connectivity index (χ3n) is 5.10. The molecule has 3 heterocycles. The van der Waals surface area contributed by atoms with E-state index in [1.165, 1.54) is 16.2 Å². The molecule has 0 unspecified atom stereocenters. The van der Waals surface area contributed by atoms with Gasteiger partial charge in [0.15, 0.2) is 5.82 Å². The summed E-state index contributed by atoms with van der Waals surface area (Å²) in [5, 5.41) is 26.3. The number of aromatic amines is 1. The van der Waals surface area contributed by atoms with Gasteiger partial charge in [-0.3, -0.25) is 14.6 Å². The molecule has 196 valence electrons. The molecule has 2 aromatic carbocycles. The molecule has 0 aliphatic heterocycles. The number of carbonyl (C=O) groups excluding carboxylic acids is 1. The SMILES string of the molecule is Cc1[nH]nc2ccc(Nc3nc(-c4cccc(NC(=O)c5ccnn5C)c4)ns3)cc12.O=C(O)C(F)(F)F. The summed E-state index contributed by atoms with van der Waals surface area (Å²) in [6, 6.07) is 15.1. The van der Waals surface area contributed by atoms with Crippen molar-refractivity contribution < 1.29 is 27.9 Å². The number of alkyl halides is 3. The standard InChI is InChI=1S/C21H18N8OS.C2HF3O2/c1-12-16-11-15(6-7-17(16)27-26-12)24-21-25-19(28-31-21)13-4-3-5-14(10-13)23-20(30)18-8-9-22-29(18)2;3-2(4,5)1(6)7/h3-11H,1-2H3,(H,23,30)(H,26,27)(H,24,25,28);(H,6,7). The maximum absolute atomic E-state index is 12.4. The summed E-state index contributed by atoms with van der Waals surface area (Å²) in [5.74, 6) is -2.40. The molecule has 11 nitrogen and oxygen atoms in total. The molecule has 0 spiro atoms. The Labute approximate surface area is 216 Å². The van der Waals surface area contributed by atoms with Crippen molar-refractivity contribution in [3.05, 3.63) is 66.1 Å². The first kappa shape index (κ1) is 26.3. The van der Waals surface area contributed by atoms with Gasteiger partial charge in [-0.05, 0) is 43.3 Å². The van der Waals surface area contributed by atoms with Crippen LogP contribution >= 0.6 is 11.5 Å². The van der Waals surface area contributed by atoms with Crippen LogP contribution in [0.3, 0.4) is 0 Å². The molecular weight excluding hydrogens is 525 g/mol. The summed E-state index contributed by atoms with van der Waals surface area (Å²) < 4.78 is 37.7. The highest BCUT2D eigenvalue weighted by Gasteiger charge is 2.38. The minimum atomic E-state index is -5.08. The van der Waals surface area contributed by atoms with Gasteiger partial charge in [-0.2, -0.15) is 32.7 Å². The van der Waals surface area contributed by atoms with Crippen LogP contribution in [0.2, 0.25) is 0 Å². The van der Waals surface area contributed by atoms with Crippen LogP contribution < -0.4 is 10.6 Å². The number of rotatable bonds is 5. The Hall–Kier alpha value is -4.79. The van der Waals surface area contributed by atoms with Gasteiger partial charge >= 0.3 is 12.1 Å². The van der Waals surface area contributed by atoms with Crippen molar-refractivity contribution in [3.8, 4) is 11.4 Å². The first-order valence-electron chi connectivity index (χ1n) is 10.8. The largest absolute Gasteiger partial charge is 0.490 e. The maximum atomic E-state index is 12.4. The van der Waals surface area contributed by atoms with Crippen LogP contribution in [0.5, 0.6) is 0 Å². The van der Waals surface area contributed by atoms with Gasteiger partial charge in [0.25, 0.3) is 5.91 Å². The van der Waals surface area contributed by atoms with Crippen molar-refractivity contribution in [2.24, 2.45) is 7.05 Å². The van der Waals surface area contributed by atoms with Crippen molar-refractivity contribution in [1.29, 1.82) is 0 Å². The molecule has 0 aliphatic carbocycles. The van der Waals surface area contributed by atoms with Gasteiger partial charge in [-0.25, -0.2) is 4.79 Å². The Bertz CT molecular complexity index is 1610. The Morgan fingerprint density at radius 1 is 1.11 bits per heavy atom. The van der Waals surface area contributed by atoms with E-state index >= 15 is 0 Å². The zero-order chi connectivity index (χ0) is 27.4. The normalized spacial score (nSPS) is 11.1. The Balaban J connectivity index is 0.000000426. The van der Waals surface area contributed by atoms with Gasteiger partial charge in [-0.1, -0.05) is 12.1 Å². The lowest BCUT2D eigenvalue weighted by atomic mass is 10.2. The molecule has 15 heteroatoms. The van der Waals surface area contributed by atoms with Gasteiger partial charge < -0.3 is 15.7 Å². The summed E-state index contributed by atoms with van der Waals surface area (Å²) in [7, 11) is 1.73. The average Bonchev–Trinajstić information content (AvgIpc) is 3.60. The number of aliphatic carboxylic acids is 1. The zero-order valence-corrected chi connectivity index (χ0v) is 20.6. The van der Waals surface area contributed by atoms with Crippen LogP contribution in [-0.4, -0.2) is 52.5 Å². The number of amides is 1. The third kappa shape index (κ3) is 6.12. The molecule has 0 bridgehead atoms. The third-order valence-corrected chi connectivity index (χ3v) is 5.73. The average molecular weight is 545 g/mol. The van der Waals surface area contributed by atoms with E-state index in [2.05, 4.69) is 35.3 Å². The number of aryl methyl sites for hydroxylation is 2. The second kappa shape index (κ2) is 10.7. The Morgan fingerprint density at radius 3 is 2.55 bits per heavy atom.